The lowest BCUT2D eigenvalue weighted by Gasteiger charge is -1.92. The van der Waals surface area contributed by atoms with Crippen molar-refractivity contribution in [3.05, 3.63) is 58.9 Å². The Bertz CT molecular complexity index is 1180. The Morgan fingerprint density at radius 1 is 0.821 bits per heavy atom. The maximum absolute atomic E-state index is 5.64. The van der Waals surface area contributed by atoms with E-state index in [-0.39, 0.29) is 11.8 Å². The molecule has 0 bridgehead atoms. The summed E-state index contributed by atoms with van der Waals surface area (Å²) in [7, 11) is 0. The fourth-order valence-electron chi connectivity index (χ4n) is 2.38. The minimum Gasteiger partial charge on any atom is -0.412 e. The van der Waals surface area contributed by atoms with Crippen LogP contribution in [-0.2, 0) is 5.75 Å². The third kappa shape index (κ3) is 3.61. The molecule has 28 heavy (non-hydrogen) atoms. The molecule has 0 saturated carbocycles. The van der Waals surface area contributed by atoms with Gasteiger partial charge in [0.25, 0.3) is 5.22 Å². The third-order valence-electron chi connectivity index (χ3n) is 3.66. The van der Waals surface area contributed by atoms with Gasteiger partial charge in [-0.05, 0) is 23.6 Å². The first kappa shape index (κ1) is 17.3. The second kappa shape index (κ2) is 7.66. The van der Waals surface area contributed by atoms with E-state index >= 15 is 0 Å². The number of thiazole rings is 1. The molecule has 0 aliphatic heterocycles. The van der Waals surface area contributed by atoms with E-state index in [9.17, 15) is 0 Å². The summed E-state index contributed by atoms with van der Waals surface area (Å²) in [4.78, 5) is 5.82. The van der Waals surface area contributed by atoms with E-state index in [0.29, 0.717) is 16.9 Å². The number of rotatable bonds is 6. The Morgan fingerprint density at radius 2 is 1.64 bits per heavy atom. The fourth-order valence-corrected chi connectivity index (χ4v) is 4.78. The normalized spacial score (nSPS) is 11.1. The van der Waals surface area contributed by atoms with Crippen molar-refractivity contribution in [1.29, 1.82) is 0 Å². The predicted molar refractivity (Wildman–Crippen MR) is 108 cm³/mol. The van der Waals surface area contributed by atoms with Crippen molar-refractivity contribution in [2.24, 2.45) is 0 Å². The van der Waals surface area contributed by atoms with Gasteiger partial charge in [0.05, 0.1) is 10.6 Å². The van der Waals surface area contributed by atoms with Crippen molar-refractivity contribution in [1.82, 2.24) is 25.4 Å². The highest BCUT2D eigenvalue weighted by Crippen LogP contribution is 2.31. The highest BCUT2D eigenvalue weighted by molar-refractivity contribution is 7.98. The topological polar surface area (TPSA) is 90.7 Å². The molecule has 7 nitrogen and oxygen atoms in total. The van der Waals surface area contributed by atoms with Gasteiger partial charge >= 0.3 is 11.8 Å². The Balaban J connectivity index is 1.26. The minimum absolute atomic E-state index is 0.201. The Labute approximate surface area is 171 Å². The molecule has 0 fully saturated rings. The average Bonchev–Trinajstić information content (AvgIpc) is 3.54. The van der Waals surface area contributed by atoms with Crippen molar-refractivity contribution in [2.45, 2.75) is 11.0 Å². The average molecular weight is 426 g/mol. The first-order valence-corrected chi connectivity index (χ1v) is 10.9. The monoisotopic (exact) mass is 425 g/mol. The molecule has 138 valence electrons. The number of thiophene rings is 1. The summed E-state index contributed by atoms with van der Waals surface area (Å²) < 4.78 is 11.3. The van der Waals surface area contributed by atoms with Crippen LogP contribution >= 0.6 is 34.4 Å². The van der Waals surface area contributed by atoms with Crippen molar-refractivity contribution >= 4 is 34.4 Å². The van der Waals surface area contributed by atoms with E-state index < -0.39 is 0 Å². The maximum atomic E-state index is 5.64. The molecule has 1 aromatic carbocycles. The van der Waals surface area contributed by atoms with Gasteiger partial charge in [-0.15, -0.1) is 43.1 Å². The molecule has 10 heteroatoms. The van der Waals surface area contributed by atoms with E-state index in [4.69, 9.17) is 8.83 Å². The zero-order chi connectivity index (χ0) is 18.8. The van der Waals surface area contributed by atoms with Gasteiger partial charge in [0, 0.05) is 16.7 Å². The minimum atomic E-state index is 0.201. The molecule has 0 radical (unpaired) electrons. The molecule has 0 amide bonds. The van der Waals surface area contributed by atoms with E-state index in [1.54, 1.807) is 22.7 Å². The van der Waals surface area contributed by atoms with Crippen LogP contribution in [0.4, 0.5) is 0 Å². The molecule has 0 N–H and O–H groups in total. The number of thioether (sulfide) groups is 1. The summed E-state index contributed by atoms with van der Waals surface area (Å²) in [6.45, 7) is 0. The second-order valence-corrected chi connectivity index (χ2v) is 8.29. The van der Waals surface area contributed by atoms with Gasteiger partial charge in [0.2, 0.25) is 5.89 Å². The lowest BCUT2D eigenvalue weighted by molar-refractivity contribution is 0.445. The zero-order valence-corrected chi connectivity index (χ0v) is 16.6. The highest BCUT2D eigenvalue weighted by Gasteiger charge is 2.17. The van der Waals surface area contributed by atoms with Gasteiger partial charge in [-0.2, -0.15) is 0 Å². The first-order chi connectivity index (χ1) is 13.8. The van der Waals surface area contributed by atoms with Crippen LogP contribution in [0.1, 0.15) is 5.69 Å². The van der Waals surface area contributed by atoms with Gasteiger partial charge in [0.1, 0.15) is 5.01 Å². The molecule has 5 aromatic rings. The molecule has 0 unspecified atom stereocenters. The number of nitrogens with zero attached hydrogens (tertiary/aromatic N) is 5. The molecule has 0 aliphatic rings. The lowest BCUT2D eigenvalue weighted by Crippen LogP contribution is -1.81. The quantitative estimate of drug-likeness (QED) is 0.340. The van der Waals surface area contributed by atoms with Crippen LogP contribution in [-0.4, -0.2) is 25.4 Å². The maximum Gasteiger partial charge on any atom is 0.306 e. The largest absolute Gasteiger partial charge is 0.412 e. The van der Waals surface area contributed by atoms with Crippen LogP contribution < -0.4 is 0 Å². The second-order valence-electron chi connectivity index (χ2n) is 5.56. The molecule has 4 heterocycles. The van der Waals surface area contributed by atoms with E-state index in [0.717, 1.165) is 16.3 Å². The van der Waals surface area contributed by atoms with Crippen LogP contribution in [0.25, 0.3) is 33.1 Å². The summed E-state index contributed by atoms with van der Waals surface area (Å²) in [5.41, 5.74) is 1.81. The van der Waals surface area contributed by atoms with Crippen molar-refractivity contribution in [3.63, 3.8) is 0 Å². The third-order valence-corrected chi connectivity index (χ3v) is 6.44. The summed E-state index contributed by atoms with van der Waals surface area (Å²) in [5.74, 6) is 1.45. The van der Waals surface area contributed by atoms with E-state index in [1.165, 1.54) is 16.6 Å². The van der Waals surface area contributed by atoms with Crippen LogP contribution in [0.2, 0.25) is 0 Å². The van der Waals surface area contributed by atoms with Gasteiger partial charge in [0.15, 0.2) is 0 Å². The van der Waals surface area contributed by atoms with Crippen molar-refractivity contribution < 1.29 is 8.83 Å². The van der Waals surface area contributed by atoms with Crippen LogP contribution in [0.3, 0.4) is 0 Å². The fraction of sp³-hybridized carbons (Fsp3) is 0.0556. The summed E-state index contributed by atoms with van der Waals surface area (Å²) in [6.07, 6.45) is 0. The predicted octanol–water partition coefficient (Wildman–Crippen LogP) is 5.26. The molecule has 0 aliphatic carbocycles. The van der Waals surface area contributed by atoms with Crippen molar-refractivity contribution in [3.8, 4) is 33.1 Å². The SMILES string of the molecule is c1ccc(-c2nnc(-c3nnc(SCc4csc(-c5cccs5)n4)o3)o2)cc1. The molecular weight excluding hydrogens is 414 g/mol. The van der Waals surface area contributed by atoms with Crippen molar-refractivity contribution in [2.75, 3.05) is 0 Å². The van der Waals surface area contributed by atoms with E-state index in [2.05, 4.69) is 31.4 Å². The lowest BCUT2D eigenvalue weighted by atomic mass is 10.2. The van der Waals surface area contributed by atoms with Gasteiger partial charge in [-0.3, -0.25) is 0 Å². The first-order valence-electron chi connectivity index (χ1n) is 8.19. The number of hydrogen-bond acceptors (Lipinski definition) is 10. The van der Waals surface area contributed by atoms with Gasteiger partial charge in [-0.1, -0.05) is 36.0 Å². The van der Waals surface area contributed by atoms with Crippen LogP contribution in [0.15, 0.2) is 67.3 Å². The molecule has 4 aromatic heterocycles. The molecule has 0 atom stereocenters. The smallest absolute Gasteiger partial charge is 0.306 e. The number of hydrogen-bond donors (Lipinski definition) is 0. The van der Waals surface area contributed by atoms with Gasteiger partial charge < -0.3 is 8.83 Å². The van der Waals surface area contributed by atoms with E-state index in [1.807, 2.05) is 47.2 Å². The standard InChI is InChI=1S/C18H11N5O2S3/c1-2-5-11(6-3-1)14-20-21-15(24-14)16-22-23-18(25-16)28-10-12-9-27-17(19-12)13-7-4-8-26-13/h1-9H,10H2. The summed E-state index contributed by atoms with van der Waals surface area (Å²) in [5, 5.41) is 21.6. The molecule has 0 spiro atoms. The van der Waals surface area contributed by atoms with Crippen LogP contribution in [0.5, 0.6) is 0 Å². The van der Waals surface area contributed by atoms with Crippen LogP contribution in [0, 0.1) is 0 Å². The zero-order valence-electron chi connectivity index (χ0n) is 14.2. The summed E-state index contributed by atoms with van der Waals surface area (Å²) >= 11 is 4.73. The molecular formula is C18H11N5O2S3. The molecule has 0 saturated heterocycles. The highest BCUT2D eigenvalue weighted by atomic mass is 32.2. The number of aromatic nitrogens is 5. The Kier molecular flexibility index (Phi) is 4.73. The Morgan fingerprint density at radius 3 is 2.50 bits per heavy atom. The Hall–Kier alpha value is -2.82. The summed E-state index contributed by atoms with van der Waals surface area (Å²) in [6, 6.07) is 13.6. The molecule has 5 rings (SSSR count). The van der Waals surface area contributed by atoms with Gasteiger partial charge in [-0.25, -0.2) is 4.98 Å². The number of benzene rings is 1.